The van der Waals surface area contributed by atoms with Crippen LogP contribution in [0, 0.1) is 6.92 Å². The summed E-state index contributed by atoms with van der Waals surface area (Å²) in [6, 6.07) is 2.31. The lowest BCUT2D eigenvalue weighted by molar-refractivity contribution is 0.534. The fourth-order valence-electron chi connectivity index (χ4n) is 2.88. The van der Waals surface area contributed by atoms with Gasteiger partial charge in [0, 0.05) is 43.4 Å². The van der Waals surface area contributed by atoms with E-state index in [4.69, 9.17) is 11.6 Å². The van der Waals surface area contributed by atoms with E-state index in [1.54, 1.807) is 10.7 Å². The number of hydrogen-bond donors (Lipinski definition) is 0. The van der Waals surface area contributed by atoms with Crippen LogP contribution in [-0.2, 0) is 7.05 Å². The molecule has 0 atom stereocenters. The zero-order valence-corrected chi connectivity index (χ0v) is 15.2. The smallest absolute Gasteiger partial charge is 0.217 e. The Balaban J connectivity index is 1.89. The summed E-state index contributed by atoms with van der Waals surface area (Å²) in [5, 5.41) is 9.64. The standard InChI is InChI=1S/C17H18ClN7/c1-10(2)24-7-5-13(21-24)12-9-25-14(11(12)3)15(18)20-16(22-25)17-19-6-8-23(17)4/h5-10H,1-4H3. The predicted octanol–water partition coefficient (Wildman–Crippen LogP) is 3.54. The van der Waals surface area contributed by atoms with E-state index in [9.17, 15) is 0 Å². The van der Waals surface area contributed by atoms with Crippen LogP contribution in [0.4, 0.5) is 0 Å². The van der Waals surface area contributed by atoms with E-state index in [-0.39, 0.29) is 0 Å². The molecule has 128 valence electrons. The molecule has 0 saturated carbocycles. The lowest BCUT2D eigenvalue weighted by atomic mass is 10.1. The number of aromatic nitrogens is 7. The maximum absolute atomic E-state index is 6.46. The van der Waals surface area contributed by atoms with Crippen LogP contribution >= 0.6 is 11.6 Å². The van der Waals surface area contributed by atoms with Crippen LogP contribution in [0.3, 0.4) is 0 Å². The van der Waals surface area contributed by atoms with Crippen molar-refractivity contribution in [2.75, 3.05) is 0 Å². The molecule has 0 aliphatic heterocycles. The minimum Gasteiger partial charge on any atom is -0.331 e. The van der Waals surface area contributed by atoms with E-state index < -0.39 is 0 Å². The second-order valence-electron chi connectivity index (χ2n) is 6.32. The molecule has 4 heterocycles. The first kappa shape index (κ1) is 15.8. The molecule has 4 aromatic heterocycles. The van der Waals surface area contributed by atoms with Crippen LogP contribution in [0.5, 0.6) is 0 Å². The summed E-state index contributed by atoms with van der Waals surface area (Å²) in [4.78, 5) is 8.72. The van der Waals surface area contributed by atoms with Crippen LogP contribution in [0.1, 0.15) is 25.5 Å². The fourth-order valence-corrected chi connectivity index (χ4v) is 3.19. The van der Waals surface area contributed by atoms with Gasteiger partial charge in [-0.1, -0.05) is 11.6 Å². The van der Waals surface area contributed by atoms with Crippen LogP contribution in [0.15, 0.2) is 30.9 Å². The summed E-state index contributed by atoms with van der Waals surface area (Å²) in [5.41, 5.74) is 3.68. The molecule has 0 fully saturated rings. The van der Waals surface area contributed by atoms with Gasteiger partial charge in [0.1, 0.15) is 5.52 Å². The van der Waals surface area contributed by atoms with E-state index in [0.29, 0.717) is 22.8 Å². The van der Waals surface area contributed by atoms with Gasteiger partial charge in [0.25, 0.3) is 0 Å². The first-order valence-electron chi connectivity index (χ1n) is 8.04. The molecule has 0 spiro atoms. The summed E-state index contributed by atoms with van der Waals surface area (Å²) in [5.74, 6) is 1.15. The minimum atomic E-state index is 0.310. The monoisotopic (exact) mass is 355 g/mol. The van der Waals surface area contributed by atoms with Crippen molar-refractivity contribution in [1.82, 2.24) is 33.9 Å². The minimum absolute atomic E-state index is 0.310. The molecule has 0 bridgehead atoms. The Bertz CT molecular complexity index is 1070. The summed E-state index contributed by atoms with van der Waals surface area (Å²) < 4.78 is 5.56. The van der Waals surface area contributed by atoms with Gasteiger partial charge in [-0.2, -0.15) is 5.10 Å². The number of halogens is 1. The van der Waals surface area contributed by atoms with Crippen molar-refractivity contribution in [3.05, 3.63) is 41.6 Å². The number of nitrogens with zero attached hydrogens (tertiary/aromatic N) is 7. The van der Waals surface area contributed by atoms with Gasteiger partial charge in [0.05, 0.1) is 5.69 Å². The van der Waals surface area contributed by atoms with Crippen molar-refractivity contribution >= 4 is 17.1 Å². The number of aryl methyl sites for hydroxylation is 2. The first-order chi connectivity index (χ1) is 12.0. The second-order valence-corrected chi connectivity index (χ2v) is 6.68. The van der Waals surface area contributed by atoms with E-state index >= 15 is 0 Å². The largest absolute Gasteiger partial charge is 0.331 e. The SMILES string of the molecule is Cc1c(-c2ccn(C(C)C)n2)cn2nc(-c3nccn3C)nc(Cl)c12. The van der Waals surface area contributed by atoms with Gasteiger partial charge >= 0.3 is 0 Å². The van der Waals surface area contributed by atoms with Crippen molar-refractivity contribution in [2.45, 2.75) is 26.8 Å². The van der Waals surface area contributed by atoms with E-state index in [0.717, 1.165) is 22.3 Å². The average Bonchev–Trinajstić information content (AvgIpc) is 3.25. The zero-order valence-electron chi connectivity index (χ0n) is 14.5. The number of rotatable bonds is 3. The third kappa shape index (κ3) is 2.51. The van der Waals surface area contributed by atoms with Crippen molar-refractivity contribution in [3.8, 4) is 22.9 Å². The van der Waals surface area contributed by atoms with E-state index in [1.165, 1.54) is 0 Å². The Labute approximate surface area is 149 Å². The summed E-state index contributed by atoms with van der Waals surface area (Å²) in [6.07, 6.45) is 7.48. The zero-order chi connectivity index (χ0) is 17.7. The Morgan fingerprint density at radius 1 is 1.16 bits per heavy atom. The van der Waals surface area contributed by atoms with E-state index in [1.807, 2.05) is 47.9 Å². The molecule has 7 nitrogen and oxygen atoms in total. The molecule has 0 aromatic carbocycles. The number of fused-ring (bicyclic) bond motifs is 1. The Morgan fingerprint density at radius 2 is 1.96 bits per heavy atom. The van der Waals surface area contributed by atoms with Gasteiger partial charge in [-0.25, -0.2) is 14.5 Å². The third-order valence-electron chi connectivity index (χ3n) is 4.28. The maximum Gasteiger partial charge on any atom is 0.217 e. The van der Waals surface area contributed by atoms with Crippen molar-refractivity contribution < 1.29 is 0 Å². The molecule has 4 rings (SSSR count). The van der Waals surface area contributed by atoms with Gasteiger partial charge in [0.15, 0.2) is 11.0 Å². The molecular weight excluding hydrogens is 338 g/mol. The van der Waals surface area contributed by atoms with E-state index in [2.05, 4.69) is 34.0 Å². The van der Waals surface area contributed by atoms with Crippen molar-refractivity contribution in [2.24, 2.45) is 7.05 Å². The Hall–Kier alpha value is -2.67. The molecule has 25 heavy (non-hydrogen) atoms. The third-order valence-corrected chi connectivity index (χ3v) is 4.54. The van der Waals surface area contributed by atoms with Gasteiger partial charge in [0.2, 0.25) is 5.82 Å². The Morgan fingerprint density at radius 3 is 2.60 bits per heavy atom. The summed E-state index contributed by atoms with van der Waals surface area (Å²) >= 11 is 6.46. The fraction of sp³-hybridized carbons (Fsp3) is 0.294. The highest BCUT2D eigenvalue weighted by Crippen LogP contribution is 2.31. The highest BCUT2D eigenvalue weighted by molar-refractivity contribution is 6.33. The molecule has 0 aliphatic carbocycles. The average molecular weight is 356 g/mol. The molecule has 0 saturated heterocycles. The molecular formula is C17H18ClN7. The predicted molar refractivity (Wildman–Crippen MR) is 96.5 cm³/mol. The normalized spacial score (nSPS) is 11.8. The van der Waals surface area contributed by atoms with Crippen LogP contribution < -0.4 is 0 Å². The summed E-state index contributed by atoms with van der Waals surface area (Å²) in [7, 11) is 1.90. The lowest BCUT2D eigenvalue weighted by Gasteiger charge is -2.04. The molecule has 0 amide bonds. The highest BCUT2D eigenvalue weighted by Gasteiger charge is 2.18. The highest BCUT2D eigenvalue weighted by atomic mass is 35.5. The Kier molecular flexibility index (Phi) is 3.61. The van der Waals surface area contributed by atoms with Crippen molar-refractivity contribution in [3.63, 3.8) is 0 Å². The molecule has 0 aliphatic rings. The number of hydrogen-bond acceptors (Lipinski definition) is 4. The van der Waals surface area contributed by atoms with Crippen molar-refractivity contribution in [1.29, 1.82) is 0 Å². The summed E-state index contributed by atoms with van der Waals surface area (Å²) in [6.45, 7) is 6.21. The molecule has 0 radical (unpaired) electrons. The molecule has 4 aromatic rings. The van der Waals surface area contributed by atoms with Gasteiger partial charge < -0.3 is 4.57 Å². The molecule has 0 unspecified atom stereocenters. The van der Waals surface area contributed by atoms with Crippen LogP contribution in [0.25, 0.3) is 28.4 Å². The van der Waals surface area contributed by atoms with Gasteiger partial charge in [-0.15, -0.1) is 5.10 Å². The molecule has 0 N–H and O–H groups in total. The van der Waals surface area contributed by atoms with Gasteiger partial charge in [-0.05, 0) is 32.4 Å². The lowest BCUT2D eigenvalue weighted by Crippen LogP contribution is -2.02. The van der Waals surface area contributed by atoms with Crippen LogP contribution in [-0.4, -0.2) is 33.9 Å². The number of imidazole rings is 1. The maximum atomic E-state index is 6.46. The first-order valence-corrected chi connectivity index (χ1v) is 8.42. The van der Waals surface area contributed by atoms with Crippen LogP contribution in [0.2, 0.25) is 5.15 Å². The quantitative estimate of drug-likeness (QED) is 0.563. The topological polar surface area (TPSA) is 65.8 Å². The molecule has 8 heteroatoms. The second kappa shape index (κ2) is 5.70. The van der Waals surface area contributed by atoms with Gasteiger partial charge in [-0.3, -0.25) is 4.68 Å².